The van der Waals surface area contributed by atoms with Gasteiger partial charge in [0.1, 0.15) is 6.04 Å². The highest BCUT2D eigenvalue weighted by molar-refractivity contribution is 6.43. The molecule has 0 aliphatic carbocycles. The van der Waals surface area contributed by atoms with Gasteiger partial charge < -0.3 is 16.0 Å². The number of nitrogens with zero attached hydrogens (tertiary/aromatic N) is 2. The van der Waals surface area contributed by atoms with Gasteiger partial charge in [-0.3, -0.25) is 15.0 Å². The Morgan fingerprint density at radius 2 is 1.76 bits per heavy atom. The Labute approximate surface area is 168 Å². The minimum Gasteiger partial charge on any atom is -0.338 e. The first-order valence-corrected chi connectivity index (χ1v) is 9.17. The van der Waals surface area contributed by atoms with E-state index in [2.05, 4.69) is 26.4 Å². The van der Waals surface area contributed by atoms with E-state index in [1.165, 1.54) is 5.01 Å². The third-order valence-corrected chi connectivity index (χ3v) is 4.06. The normalized spacial score (nSPS) is 15.8. The van der Waals surface area contributed by atoms with Gasteiger partial charge in [0.05, 0.1) is 5.69 Å². The number of hydrazine groups is 1. The quantitative estimate of drug-likeness (QED) is 0.622. The highest BCUT2D eigenvalue weighted by Gasteiger charge is 2.30. The SMILES string of the molecule is CCNC(=O)Nc1cccc(NC(=O)C2=NC(C)C(=O)N(c3ccccc3)N2)c1. The van der Waals surface area contributed by atoms with E-state index in [1.807, 2.05) is 13.0 Å². The molecule has 0 radical (unpaired) electrons. The minimum absolute atomic E-state index is 0.0167. The van der Waals surface area contributed by atoms with Crippen LogP contribution in [0.5, 0.6) is 0 Å². The molecule has 0 saturated heterocycles. The molecule has 0 bridgehead atoms. The van der Waals surface area contributed by atoms with E-state index in [9.17, 15) is 14.4 Å². The molecule has 1 aliphatic heterocycles. The Kier molecular flexibility index (Phi) is 6.08. The smallest absolute Gasteiger partial charge is 0.319 e. The lowest BCUT2D eigenvalue weighted by Gasteiger charge is -2.30. The number of nitrogens with one attached hydrogen (secondary N) is 4. The number of benzene rings is 2. The molecule has 0 spiro atoms. The number of carbonyl (C=O) groups is 3. The van der Waals surface area contributed by atoms with Gasteiger partial charge in [-0.1, -0.05) is 24.3 Å². The van der Waals surface area contributed by atoms with E-state index in [0.717, 1.165) is 0 Å². The van der Waals surface area contributed by atoms with Crippen LogP contribution in [0.1, 0.15) is 13.8 Å². The van der Waals surface area contributed by atoms with Crippen LogP contribution in [-0.4, -0.2) is 36.3 Å². The summed E-state index contributed by atoms with van der Waals surface area (Å²) in [5.41, 5.74) is 4.39. The third kappa shape index (κ3) is 4.89. The molecule has 0 aromatic heterocycles. The van der Waals surface area contributed by atoms with Crippen LogP contribution in [0.25, 0.3) is 0 Å². The monoisotopic (exact) mass is 394 g/mol. The molecule has 1 heterocycles. The fourth-order valence-corrected chi connectivity index (χ4v) is 2.70. The summed E-state index contributed by atoms with van der Waals surface area (Å²) in [4.78, 5) is 40.9. The van der Waals surface area contributed by atoms with Gasteiger partial charge in [0.2, 0.25) is 5.84 Å². The summed E-state index contributed by atoms with van der Waals surface area (Å²) in [7, 11) is 0. The zero-order chi connectivity index (χ0) is 20.8. The highest BCUT2D eigenvalue weighted by Crippen LogP contribution is 2.18. The first-order valence-electron chi connectivity index (χ1n) is 9.17. The van der Waals surface area contributed by atoms with Crippen LogP contribution in [0.2, 0.25) is 0 Å². The Morgan fingerprint density at radius 1 is 1.07 bits per heavy atom. The van der Waals surface area contributed by atoms with Crippen molar-refractivity contribution in [2.24, 2.45) is 4.99 Å². The predicted molar refractivity (Wildman–Crippen MR) is 112 cm³/mol. The molecule has 0 saturated carbocycles. The number of anilines is 3. The van der Waals surface area contributed by atoms with Crippen LogP contribution in [0.3, 0.4) is 0 Å². The fraction of sp³-hybridized carbons (Fsp3) is 0.200. The van der Waals surface area contributed by atoms with E-state index in [-0.39, 0.29) is 17.8 Å². The van der Waals surface area contributed by atoms with E-state index in [0.29, 0.717) is 23.6 Å². The average Bonchev–Trinajstić information content (AvgIpc) is 2.71. The van der Waals surface area contributed by atoms with Crippen molar-refractivity contribution in [1.82, 2.24) is 10.7 Å². The molecule has 2 aromatic rings. The van der Waals surface area contributed by atoms with Gasteiger partial charge in [-0.25, -0.2) is 14.8 Å². The first kappa shape index (κ1) is 19.9. The molecule has 0 fully saturated rings. The van der Waals surface area contributed by atoms with E-state index in [1.54, 1.807) is 55.5 Å². The Morgan fingerprint density at radius 3 is 2.45 bits per heavy atom. The van der Waals surface area contributed by atoms with Gasteiger partial charge in [0.25, 0.3) is 11.8 Å². The number of amides is 4. The lowest BCUT2D eigenvalue weighted by atomic mass is 10.2. The van der Waals surface area contributed by atoms with Crippen molar-refractivity contribution < 1.29 is 14.4 Å². The second-order valence-corrected chi connectivity index (χ2v) is 6.29. The van der Waals surface area contributed by atoms with E-state index < -0.39 is 11.9 Å². The Balaban J connectivity index is 1.72. The summed E-state index contributed by atoms with van der Waals surface area (Å²) < 4.78 is 0. The summed E-state index contributed by atoms with van der Waals surface area (Å²) in [5, 5.41) is 9.34. The van der Waals surface area contributed by atoms with E-state index >= 15 is 0 Å². The van der Waals surface area contributed by atoms with Crippen LogP contribution < -0.4 is 26.4 Å². The zero-order valence-corrected chi connectivity index (χ0v) is 16.1. The largest absolute Gasteiger partial charge is 0.338 e. The van der Waals surface area contributed by atoms with E-state index in [4.69, 9.17) is 0 Å². The lowest BCUT2D eigenvalue weighted by Crippen LogP contribution is -2.57. The third-order valence-electron chi connectivity index (χ3n) is 4.06. The van der Waals surface area contributed by atoms with Crippen molar-refractivity contribution in [1.29, 1.82) is 0 Å². The topological polar surface area (TPSA) is 115 Å². The number of carbonyl (C=O) groups excluding carboxylic acids is 3. The molecule has 9 nitrogen and oxygen atoms in total. The molecule has 4 N–H and O–H groups in total. The van der Waals surface area contributed by atoms with Gasteiger partial charge in [-0.2, -0.15) is 0 Å². The summed E-state index contributed by atoms with van der Waals surface area (Å²) in [5.74, 6) is -0.746. The average molecular weight is 394 g/mol. The van der Waals surface area contributed by atoms with Gasteiger partial charge in [0.15, 0.2) is 0 Å². The molecular weight excluding hydrogens is 372 g/mol. The van der Waals surface area contributed by atoms with Crippen molar-refractivity contribution >= 4 is 40.7 Å². The maximum Gasteiger partial charge on any atom is 0.319 e. The van der Waals surface area contributed by atoms with Crippen molar-refractivity contribution in [3.8, 4) is 0 Å². The zero-order valence-electron chi connectivity index (χ0n) is 16.1. The molecule has 1 unspecified atom stereocenters. The molecule has 3 rings (SSSR count). The van der Waals surface area contributed by atoms with Crippen molar-refractivity contribution in [3.63, 3.8) is 0 Å². The summed E-state index contributed by atoms with van der Waals surface area (Å²) in [6.45, 7) is 3.95. The maximum absolute atomic E-state index is 12.7. The van der Waals surface area contributed by atoms with Gasteiger partial charge in [-0.05, 0) is 44.2 Å². The van der Waals surface area contributed by atoms with Gasteiger partial charge >= 0.3 is 6.03 Å². The van der Waals surface area contributed by atoms with Crippen LogP contribution in [0, 0.1) is 0 Å². The van der Waals surface area contributed by atoms with Crippen LogP contribution in [0.4, 0.5) is 21.9 Å². The molecule has 9 heteroatoms. The first-order chi connectivity index (χ1) is 14.0. The standard InChI is InChI=1S/C20H22N6O3/c1-3-21-20(29)24-15-9-7-8-14(12-15)23-18(27)17-22-13(2)19(28)26(25-17)16-10-5-4-6-11-16/h4-13H,3H2,1-2H3,(H,22,25)(H,23,27)(H2,21,24,29). The minimum atomic E-state index is -0.706. The highest BCUT2D eigenvalue weighted by atomic mass is 16.2. The predicted octanol–water partition coefficient (Wildman–Crippen LogP) is 2.10. The maximum atomic E-state index is 12.7. The summed E-state index contributed by atoms with van der Waals surface area (Å²) in [6.07, 6.45) is 0. The molecule has 2 aromatic carbocycles. The fourth-order valence-electron chi connectivity index (χ4n) is 2.70. The van der Waals surface area contributed by atoms with Crippen molar-refractivity contribution in [2.75, 3.05) is 22.2 Å². The molecular formula is C20H22N6O3. The van der Waals surface area contributed by atoms with Crippen LogP contribution in [-0.2, 0) is 9.59 Å². The number of urea groups is 1. The Hall–Kier alpha value is -3.88. The number of hydrogen-bond acceptors (Lipinski definition) is 5. The lowest BCUT2D eigenvalue weighted by molar-refractivity contribution is -0.120. The Bertz CT molecular complexity index is 944. The molecule has 4 amide bonds. The number of hydrogen-bond donors (Lipinski definition) is 4. The second kappa shape index (κ2) is 8.87. The number of para-hydroxylation sites is 1. The number of amidine groups is 1. The molecule has 1 atom stereocenters. The second-order valence-electron chi connectivity index (χ2n) is 6.29. The van der Waals surface area contributed by atoms with Gasteiger partial charge in [-0.15, -0.1) is 0 Å². The number of aliphatic imine (C=N–C) groups is 1. The summed E-state index contributed by atoms with van der Waals surface area (Å²) >= 11 is 0. The molecule has 29 heavy (non-hydrogen) atoms. The number of rotatable bonds is 5. The van der Waals surface area contributed by atoms with Crippen LogP contribution in [0.15, 0.2) is 59.6 Å². The summed E-state index contributed by atoms with van der Waals surface area (Å²) in [6, 6.07) is 14.6. The van der Waals surface area contributed by atoms with Crippen molar-refractivity contribution in [3.05, 3.63) is 54.6 Å². The molecule has 150 valence electrons. The van der Waals surface area contributed by atoms with Crippen molar-refractivity contribution in [2.45, 2.75) is 19.9 Å². The van der Waals surface area contributed by atoms with Crippen LogP contribution >= 0.6 is 0 Å². The molecule has 1 aliphatic rings. The van der Waals surface area contributed by atoms with Gasteiger partial charge in [0, 0.05) is 17.9 Å².